The molecular formula is C29H28N2O5. The van der Waals surface area contributed by atoms with Crippen molar-refractivity contribution in [2.75, 3.05) is 25.1 Å². The van der Waals surface area contributed by atoms with Crippen molar-refractivity contribution < 1.29 is 23.8 Å². The molecule has 1 atom stereocenters. The van der Waals surface area contributed by atoms with Gasteiger partial charge in [0.05, 0.1) is 17.7 Å². The summed E-state index contributed by atoms with van der Waals surface area (Å²) in [5.74, 6) is 1.43. The Morgan fingerprint density at radius 3 is 2.53 bits per heavy atom. The summed E-state index contributed by atoms with van der Waals surface area (Å²) in [6.45, 7) is 6.37. The lowest BCUT2D eigenvalue weighted by Gasteiger charge is -2.34. The van der Waals surface area contributed by atoms with Gasteiger partial charge in [-0.1, -0.05) is 18.2 Å². The molecule has 0 fully saturated rings. The van der Waals surface area contributed by atoms with Crippen molar-refractivity contribution in [3.8, 4) is 17.2 Å². The third-order valence-corrected chi connectivity index (χ3v) is 6.35. The van der Waals surface area contributed by atoms with Crippen LogP contribution in [0.3, 0.4) is 0 Å². The van der Waals surface area contributed by atoms with Gasteiger partial charge in [0, 0.05) is 30.6 Å². The molecule has 1 aromatic heterocycles. The van der Waals surface area contributed by atoms with Gasteiger partial charge in [-0.05, 0) is 67.9 Å². The number of anilines is 1. The van der Waals surface area contributed by atoms with E-state index in [9.17, 15) is 9.59 Å². The van der Waals surface area contributed by atoms with Gasteiger partial charge in [0.15, 0.2) is 6.10 Å². The van der Waals surface area contributed by atoms with Crippen LogP contribution in [0.4, 0.5) is 5.69 Å². The SMILES string of the molecule is CC(=O)Oc1cccc2c1cc(C)n2C(=O)c1ccc(OC[C@@H]2CN(C)c3cccc(C)c3O2)cc1. The number of para-hydroxylation sites is 1. The van der Waals surface area contributed by atoms with E-state index in [0.717, 1.165) is 29.2 Å². The Labute approximate surface area is 209 Å². The molecule has 0 N–H and O–H groups in total. The first-order valence-corrected chi connectivity index (χ1v) is 11.9. The normalized spacial score (nSPS) is 14.8. The van der Waals surface area contributed by atoms with Crippen molar-refractivity contribution in [3.05, 3.63) is 83.6 Å². The standard InChI is InChI=1S/C29H28N2O5/c1-18-7-5-9-26-28(18)36-23(16-30(26)4)17-34-22-13-11-21(12-14-22)29(33)31-19(2)15-24-25(31)8-6-10-27(24)35-20(3)32/h5-15,23H,16-17H2,1-4H3/t23-/m0/s1. The highest BCUT2D eigenvalue weighted by molar-refractivity contribution is 6.04. The van der Waals surface area contributed by atoms with Crippen LogP contribution >= 0.6 is 0 Å². The molecule has 7 heteroatoms. The zero-order valence-electron chi connectivity index (χ0n) is 20.8. The molecule has 4 aromatic rings. The molecule has 184 valence electrons. The van der Waals surface area contributed by atoms with E-state index in [4.69, 9.17) is 14.2 Å². The molecule has 7 nitrogen and oxygen atoms in total. The fourth-order valence-electron chi connectivity index (χ4n) is 4.65. The maximum Gasteiger partial charge on any atom is 0.308 e. The highest BCUT2D eigenvalue weighted by Crippen LogP contribution is 2.35. The zero-order chi connectivity index (χ0) is 25.4. The maximum atomic E-state index is 13.4. The Bertz CT molecular complexity index is 1450. The molecule has 1 aliphatic heterocycles. The zero-order valence-corrected chi connectivity index (χ0v) is 20.8. The van der Waals surface area contributed by atoms with E-state index >= 15 is 0 Å². The Balaban J connectivity index is 1.30. The van der Waals surface area contributed by atoms with E-state index in [0.29, 0.717) is 34.6 Å². The summed E-state index contributed by atoms with van der Waals surface area (Å²) in [6, 6.07) is 20.4. The minimum Gasteiger partial charge on any atom is -0.490 e. The van der Waals surface area contributed by atoms with Gasteiger partial charge in [-0.25, -0.2) is 0 Å². The van der Waals surface area contributed by atoms with Gasteiger partial charge in [0.1, 0.15) is 23.9 Å². The number of fused-ring (bicyclic) bond motifs is 2. The molecule has 0 unspecified atom stereocenters. The van der Waals surface area contributed by atoms with Crippen molar-refractivity contribution >= 4 is 28.5 Å². The Morgan fingerprint density at radius 1 is 1.03 bits per heavy atom. The van der Waals surface area contributed by atoms with Crippen LogP contribution < -0.4 is 19.1 Å². The molecule has 0 amide bonds. The van der Waals surface area contributed by atoms with E-state index < -0.39 is 5.97 Å². The van der Waals surface area contributed by atoms with Gasteiger partial charge in [-0.3, -0.25) is 14.2 Å². The average molecular weight is 485 g/mol. The molecule has 2 heterocycles. The van der Waals surface area contributed by atoms with Crippen LogP contribution in [-0.2, 0) is 4.79 Å². The van der Waals surface area contributed by atoms with Crippen LogP contribution in [0.1, 0.15) is 28.5 Å². The number of rotatable bonds is 5. The molecule has 5 rings (SSSR count). The molecule has 1 aliphatic rings. The lowest BCUT2D eigenvalue weighted by atomic mass is 10.1. The molecule has 0 bridgehead atoms. The van der Waals surface area contributed by atoms with E-state index in [2.05, 4.69) is 18.0 Å². The second-order valence-corrected chi connectivity index (χ2v) is 9.09. The quantitative estimate of drug-likeness (QED) is 0.288. The molecule has 0 saturated carbocycles. The summed E-state index contributed by atoms with van der Waals surface area (Å²) in [4.78, 5) is 27.0. The summed E-state index contributed by atoms with van der Waals surface area (Å²) < 4.78 is 19.1. The van der Waals surface area contributed by atoms with Gasteiger partial charge < -0.3 is 19.1 Å². The number of ether oxygens (including phenoxy) is 3. The number of aromatic nitrogens is 1. The third-order valence-electron chi connectivity index (χ3n) is 6.35. The van der Waals surface area contributed by atoms with Crippen LogP contribution in [-0.4, -0.2) is 42.7 Å². The number of hydrogen-bond acceptors (Lipinski definition) is 6. The van der Waals surface area contributed by atoms with Gasteiger partial charge in [0.25, 0.3) is 5.91 Å². The first-order chi connectivity index (χ1) is 17.3. The van der Waals surface area contributed by atoms with Gasteiger partial charge in [-0.15, -0.1) is 0 Å². The van der Waals surface area contributed by atoms with Crippen molar-refractivity contribution in [2.45, 2.75) is 26.9 Å². The molecule has 0 spiro atoms. The minimum absolute atomic E-state index is 0.106. The fourth-order valence-corrected chi connectivity index (χ4v) is 4.65. The van der Waals surface area contributed by atoms with Gasteiger partial charge in [0.2, 0.25) is 0 Å². The monoisotopic (exact) mass is 484 g/mol. The molecule has 0 radical (unpaired) electrons. The predicted molar refractivity (Wildman–Crippen MR) is 139 cm³/mol. The summed E-state index contributed by atoms with van der Waals surface area (Å²) in [6.07, 6.45) is -0.106. The number of aryl methyl sites for hydroxylation is 2. The second kappa shape index (κ2) is 9.41. The van der Waals surface area contributed by atoms with Crippen molar-refractivity contribution in [1.82, 2.24) is 4.57 Å². The molecule has 3 aromatic carbocycles. The van der Waals surface area contributed by atoms with Crippen LogP contribution in [0.5, 0.6) is 17.2 Å². The lowest BCUT2D eigenvalue weighted by Crippen LogP contribution is -2.41. The van der Waals surface area contributed by atoms with E-state index in [1.165, 1.54) is 6.92 Å². The maximum absolute atomic E-state index is 13.4. The van der Waals surface area contributed by atoms with Crippen LogP contribution in [0, 0.1) is 13.8 Å². The summed E-state index contributed by atoms with van der Waals surface area (Å²) in [5, 5.41) is 0.716. The fraction of sp³-hybridized carbons (Fsp3) is 0.241. The Morgan fingerprint density at radius 2 is 1.78 bits per heavy atom. The number of carbonyl (C=O) groups excluding carboxylic acids is 2. The number of hydrogen-bond donors (Lipinski definition) is 0. The molecule has 0 aliphatic carbocycles. The number of esters is 1. The highest BCUT2D eigenvalue weighted by Gasteiger charge is 2.25. The van der Waals surface area contributed by atoms with Crippen molar-refractivity contribution in [1.29, 1.82) is 0 Å². The first-order valence-electron chi connectivity index (χ1n) is 11.9. The van der Waals surface area contributed by atoms with Crippen molar-refractivity contribution in [3.63, 3.8) is 0 Å². The third kappa shape index (κ3) is 4.40. The van der Waals surface area contributed by atoms with Crippen LogP contribution in [0.2, 0.25) is 0 Å². The van der Waals surface area contributed by atoms with Gasteiger partial charge >= 0.3 is 5.97 Å². The largest absolute Gasteiger partial charge is 0.490 e. The number of carbonyl (C=O) groups is 2. The summed E-state index contributed by atoms with van der Waals surface area (Å²) in [7, 11) is 2.05. The van der Waals surface area contributed by atoms with Crippen LogP contribution in [0.25, 0.3) is 10.9 Å². The van der Waals surface area contributed by atoms with E-state index in [1.54, 1.807) is 41.0 Å². The first kappa shape index (κ1) is 23.5. The number of nitrogens with zero attached hydrogens (tertiary/aromatic N) is 2. The smallest absolute Gasteiger partial charge is 0.308 e. The van der Waals surface area contributed by atoms with Crippen LogP contribution in [0.15, 0.2) is 66.7 Å². The Kier molecular flexibility index (Phi) is 6.14. The molecule has 36 heavy (non-hydrogen) atoms. The van der Waals surface area contributed by atoms with Gasteiger partial charge in [-0.2, -0.15) is 0 Å². The topological polar surface area (TPSA) is 70.0 Å². The second-order valence-electron chi connectivity index (χ2n) is 9.09. The molecule has 0 saturated heterocycles. The number of likely N-dealkylation sites (N-methyl/N-ethyl adjacent to an activating group) is 1. The van der Waals surface area contributed by atoms with E-state index in [-0.39, 0.29) is 12.0 Å². The summed E-state index contributed by atoms with van der Waals surface area (Å²) >= 11 is 0. The minimum atomic E-state index is -0.403. The van der Waals surface area contributed by atoms with Crippen molar-refractivity contribution in [2.24, 2.45) is 0 Å². The lowest BCUT2D eigenvalue weighted by molar-refractivity contribution is -0.131. The molecular weight excluding hydrogens is 456 g/mol. The highest BCUT2D eigenvalue weighted by atomic mass is 16.5. The predicted octanol–water partition coefficient (Wildman–Crippen LogP) is 5.15. The summed E-state index contributed by atoms with van der Waals surface area (Å²) in [5.41, 5.74) is 4.15. The number of benzene rings is 3. The van der Waals surface area contributed by atoms with E-state index in [1.807, 2.05) is 38.1 Å². The average Bonchev–Trinajstić information content (AvgIpc) is 3.20. The Hall–Kier alpha value is -4.26.